The van der Waals surface area contributed by atoms with E-state index in [1.807, 2.05) is 6.92 Å². The normalized spacial score (nSPS) is 19.3. The van der Waals surface area contributed by atoms with Gasteiger partial charge in [0.2, 0.25) is 0 Å². The number of fused-ring (bicyclic) bond motifs is 3. The fourth-order valence-electron chi connectivity index (χ4n) is 4.26. The molecule has 1 aromatic heterocycles. The SMILES string of the molecule is CC[C@H](O)[C@@H]1CN(C)C(=O)c2c3c(nn2C1)CCN(C(=O)Nc1ccc(F)c(Cl)c1F)C3. The van der Waals surface area contributed by atoms with Crippen LogP contribution in [-0.4, -0.2) is 62.9 Å². The number of aromatic nitrogens is 2. The Hall–Kier alpha value is -2.72. The Balaban J connectivity index is 1.58. The Morgan fingerprint density at radius 1 is 1.38 bits per heavy atom. The highest BCUT2D eigenvalue weighted by atomic mass is 35.5. The van der Waals surface area contributed by atoms with Crippen molar-refractivity contribution in [3.8, 4) is 0 Å². The Morgan fingerprint density at radius 3 is 2.84 bits per heavy atom. The van der Waals surface area contributed by atoms with Gasteiger partial charge in [-0.25, -0.2) is 13.6 Å². The Labute approximate surface area is 188 Å². The summed E-state index contributed by atoms with van der Waals surface area (Å²) in [6.45, 7) is 3.13. The number of anilines is 1. The van der Waals surface area contributed by atoms with Gasteiger partial charge in [-0.05, 0) is 18.6 Å². The summed E-state index contributed by atoms with van der Waals surface area (Å²) in [5.74, 6) is -2.33. The van der Waals surface area contributed by atoms with E-state index in [0.29, 0.717) is 43.7 Å². The van der Waals surface area contributed by atoms with Crippen molar-refractivity contribution < 1.29 is 23.5 Å². The third kappa shape index (κ3) is 3.93. The van der Waals surface area contributed by atoms with Crippen LogP contribution >= 0.6 is 11.6 Å². The summed E-state index contributed by atoms with van der Waals surface area (Å²) in [7, 11) is 1.68. The molecule has 0 fully saturated rings. The number of rotatable bonds is 3. The number of halogens is 3. The minimum atomic E-state index is -1.05. The molecule has 0 spiro atoms. The third-order valence-electron chi connectivity index (χ3n) is 6.09. The van der Waals surface area contributed by atoms with Crippen LogP contribution < -0.4 is 5.32 Å². The van der Waals surface area contributed by atoms with Gasteiger partial charge in [0.1, 0.15) is 16.5 Å². The molecule has 0 bridgehead atoms. The minimum absolute atomic E-state index is 0.119. The lowest BCUT2D eigenvalue weighted by Crippen LogP contribution is -2.40. The van der Waals surface area contributed by atoms with E-state index in [0.717, 1.165) is 17.8 Å². The predicted molar refractivity (Wildman–Crippen MR) is 113 cm³/mol. The van der Waals surface area contributed by atoms with E-state index in [9.17, 15) is 23.5 Å². The molecule has 2 N–H and O–H groups in total. The fourth-order valence-corrected chi connectivity index (χ4v) is 4.42. The first-order valence-electron chi connectivity index (χ1n) is 10.4. The van der Waals surface area contributed by atoms with Gasteiger partial charge in [0.05, 0.1) is 24.0 Å². The van der Waals surface area contributed by atoms with E-state index in [2.05, 4.69) is 10.4 Å². The summed E-state index contributed by atoms with van der Waals surface area (Å²) in [6.07, 6.45) is 0.436. The van der Waals surface area contributed by atoms with Gasteiger partial charge in [0, 0.05) is 44.6 Å². The summed E-state index contributed by atoms with van der Waals surface area (Å²) >= 11 is 5.59. The van der Waals surface area contributed by atoms with E-state index in [1.54, 1.807) is 16.6 Å². The number of hydrogen-bond donors (Lipinski definition) is 2. The quantitative estimate of drug-likeness (QED) is 0.679. The second-order valence-corrected chi connectivity index (χ2v) is 8.58. The number of benzene rings is 1. The van der Waals surface area contributed by atoms with Crippen molar-refractivity contribution >= 4 is 29.2 Å². The first kappa shape index (κ1) is 22.5. The molecule has 2 atom stereocenters. The zero-order valence-electron chi connectivity index (χ0n) is 17.7. The average Bonchev–Trinajstić information content (AvgIpc) is 3.08. The third-order valence-corrected chi connectivity index (χ3v) is 6.44. The lowest BCUT2D eigenvalue weighted by Gasteiger charge is -2.28. The zero-order valence-corrected chi connectivity index (χ0v) is 18.5. The maximum atomic E-state index is 14.2. The van der Waals surface area contributed by atoms with Crippen LogP contribution in [-0.2, 0) is 19.5 Å². The first-order valence-corrected chi connectivity index (χ1v) is 10.8. The number of nitrogens with one attached hydrogen (secondary N) is 1. The Kier molecular flexibility index (Phi) is 6.09. The highest BCUT2D eigenvalue weighted by molar-refractivity contribution is 6.31. The van der Waals surface area contributed by atoms with Gasteiger partial charge in [-0.2, -0.15) is 5.10 Å². The van der Waals surface area contributed by atoms with Crippen molar-refractivity contribution in [2.75, 3.05) is 25.5 Å². The van der Waals surface area contributed by atoms with Crippen molar-refractivity contribution in [1.82, 2.24) is 19.6 Å². The molecular weight excluding hydrogens is 444 g/mol. The average molecular weight is 468 g/mol. The van der Waals surface area contributed by atoms with E-state index in [-0.39, 0.29) is 24.1 Å². The molecule has 0 aliphatic carbocycles. The largest absolute Gasteiger partial charge is 0.393 e. The highest BCUT2D eigenvalue weighted by Crippen LogP contribution is 2.29. The number of nitrogens with zero attached hydrogens (tertiary/aromatic N) is 4. The van der Waals surface area contributed by atoms with Crippen LogP contribution in [0.3, 0.4) is 0 Å². The lowest BCUT2D eigenvalue weighted by molar-refractivity contribution is 0.0626. The summed E-state index contributed by atoms with van der Waals surface area (Å²) in [6, 6.07) is 1.49. The van der Waals surface area contributed by atoms with Crippen LogP contribution in [0.1, 0.15) is 35.1 Å². The van der Waals surface area contributed by atoms with Gasteiger partial charge >= 0.3 is 6.03 Å². The van der Waals surface area contributed by atoms with Crippen LogP contribution in [0.4, 0.5) is 19.3 Å². The smallest absolute Gasteiger partial charge is 0.322 e. The molecule has 0 saturated heterocycles. The zero-order chi connectivity index (χ0) is 23.2. The molecule has 2 aliphatic rings. The maximum absolute atomic E-state index is 14.2. The summed E-state index contributed by atoms with van der Waals surface area (Å²) in [5, 5.41) is 16.7. The maximum Gasteiger partial charge on any atom is 0.322 e. The van der Waals surface area contributed by atoms with Crippen LogP contribution in [0.25, 0.3) is 0 Å². The van der Waals surface area contributed by atoms with E-state index in [4.69, 9.17) is 11.6 Å². The van der Waals surface area contributed by atoms with E-state index in [1.165, 1.54) is 4.90 Å². The molecule has 11 heteroatoms. The first-order chi connectivity index (χ1) is 15.2. The molecule has 0 radical (unpaired) electrons. The number of carbonyl (C=O) groups is 2. The van der Waals surface area contributed by atoms with Crippen molar-refractivity contribution in [2.45, 2.75) is 39.0 Å². The molecule has 3 amide bonds. The molecule has 1 aromatic carbocycles. The van der Waals surface area contributed by atoms with Crippen LogP contribution in [0.15, 0.2) is 12.1 Å². The Morgan fingerprint density at radius 2 is 2.12 bits per heavy atom. The van der Waals surface area contributed by atoms with Crippen molar-refractivity contribution in [2.24, 2.45) is 5.92 Å². The lowest BCUT2D eigenvalue weighted by atomic mass is 10.0. The minimum Gasteiger partial charge on any atom is -0.393 e. The van der Waals surface area contributed by atoms with Gasteiger partial charge in [0.15, 0.2) is 5.82 Å². The van der Waals surface area contributed by atoms with Crippen LogP contribution in [0, 0.1) is 17.6 Å². The van der Waals surface area contributed by atoms with Gasteiger partial charge in [-0.3, -0.25) is 9.48 Å². The predicted octanol–water partition coefficient (Wildman–Crippen LogP) is 2.88. The fraction of sp³-hybridized carbons (Fsp3) is 0.476. The van der Waals surface area contributed by atoms with Crippen molar-refractivity contribution in [3.05, 3.63) is 45.7 Å². The van der Waals surface area contributed by atoms with Gasteiger partial charge in [-0.15, -0.1) is 0 Å². The molecule has 32 heavy (non-hydrogen) atoms. The van der Waals surface area contributed by atoms with Crippen LogP contribution in [0.5, 0.6) is 0 Å². The second kappa shape index (κ2) is 8.67. The molecule has 0 unspecified atom stereocenters. The number of amides is 3. The van der Waals surface area contributed by atoms with Gasteiger partial charge < -0.3 is 20.2 Å². The molecular formula is C21H24ClF2N5O3. The summed E-state index contributed by atoms with van der Waals surface area (Å²) in [5.41, 5.74) is 1.55. The molecule has 3 heterocycles. The monoisotopic (exact) mass is 467 g/mol. The number of carbonyl (C=O) groups excluding carboxylic acids is 2. The Bertz CT molecular complexity index is 1080. The number of aliphatic hydroxyl groups is 1. The second-order valence-electron chi connectivity index (χ2n) is 8.20. The van der Waals surface area contributed by atoms with Gasteiger partial charge in [-0.1, -0.05) is 18.5 Å². The van der Waals surface area contributed by atoms with Crippen molar-refractivity contribution in [1.29, 1.82) is 0 Å². The van der Waals surface area contributed by atoms with Crippen LogP contribution in [0.2, 0.25) is 5.02 Å². The van der Waals surface area contributed by atoms with E-state index >= 15 is 0 Å². The molecule has 4 rings (SSSR count). The number of hydrogen-bond acceptors (Lipinski definition) is 4. The molecule has 2 aromatic rings. The van der Waals surface area contributed by atoms with E-state index < -0.39 is 28.8 Å². The molecule has 0 saturated carbocycles. The van der Waals surface area contributed by atoms with Crippen molar-refractivity contribution in [3.63, 3.8) is 0 Å². The summed E-state index contributed by atoms with van der Waals surface area (Å²) < 4.78 is 29.2. The molecule has 2 aliphatic heterocycles. The summed E-state index contributed by atoms with van der Waals surface area (Å²) in [4.78, 5) is 28.8. The highest BCUT2D eigenvalue weighted by Gasteiger charge is 2.36. The number of urea groups is 1. The van der Waals surface area contributed by atoms with Gasteiger partial charge in [0.25, 0.3) is 5.91 Å². The number of aliphatic hydroxyl groups excluding tert-OH is 1. The molecule has 172 valence electrons. The topological polar surface area (TPSA) is 90.7 Å². The standard InChI is InChI=1S/C21H24ClF2N5O3/c1-3-16(30)11-8-27(2)20(31)19-12-10-28(7-6-14(12)26-29(19)9-11)21(32)25-15-5-4-13(23)17(22)18(15)24/h4-5,11,16,30H,3,6-10H2,1-2H3,(H,25,32)/t11-,16+/m1/s1. The molecule has 8 nitrogen and oxygen atoms in total.